The first-order valence-corrected chi connectivity index (χ1v) is 13.1. The van der Waals surface area contributed by atoms with E-state index in [4.69, 9.17) is 20.8 Å². The Labute approximate surface area is 222 Å². The van der Waals surface area contributed by atoms with Crippen LogP contribution in [-0.4, -0.2) is 39.5 Å². The molecule has 0 bridgehead atoms. The Morgan fingerprint density at radius 3 is 2.47 bits per heavy atom. The maximum atomic E-state index is 11.0. The topological polar surface area (TPSA) is 157 Å². The Morgan fingerprint density at radius 1 is 1.13 bits per heavy atom. The van der Waals surface area contributed by atoms with E-state index in [2.05, 4.69) is 36.9 Å². The number of nitrogens with one attached hydrogen (secondary N) is 1. The molecule has 0 radical (unpaired) electrons. The lowest BCUT2D eigenvalue weighted by molar-refractivity contribution is 0.0589. The van der Waals surface area contributed by atoms with Crippen LogP contribution in [-0.2, 0) is 6.42 Å². The molecule has 0 unspecified atom stereocenters. The van der Waals surface area contributed by atoms with Crippen molar-refractivity contribution in [2.75, 3.05) is 18.4 Å². The predicted octanol–water partition coefficient (Wildman–Crippen LogP) is 7.21. The molecule has 38 heavy (non-hydrogen) atoms. The third-order valence-electron chi connectivity index (χ3n) is 6.90. The number of hydrogen-bond donors (Lipinski definition) is 2. The molecular formula is C27H35N9O2. The second-order valence-electron chi connectivity index (χ2n) is 10.5. The van der Waals surface area contributed by atoms with Gasteiger partial charge < -0.3 is 19.7 Å². The SMILES string of the molecule is CC(C)Oc1ccc(Nc2nc3cc(CC(O)(CN=[N+]=[N-])CN=[N+]=[N-])ccc3n2[C@H]2CCC[C@@H](C)C2)cc1. The highest BCUT2D eigenvalue weighted by Crippen LogP contribution is 2.38. The zero-order valence-electron chi connectivity index (χ0n) is 22.2. The Morgan fingerprint density at radius 2 is 1.84 bits per heavy atom. The molecule has 1 aromatic heterocycles. The van der Waals surface area contributed by atoms with E-state index in [0.717, 1.165) is 46.8 Å². The molecule has 200 valence electrons. The van der Waals surface area contributed by atoms with Gasteiger partial charge in [-0.2, -0.15) is 0 Å². The van der Waals surface area contributed by atoms with Crippen LogP contribution in [0.5, 0.6) is 5.75 Å². The lowest BCUT2D eigenvalue weighted by Crippen LogP contribution is -2.38. The molecule has 2 N–H and O–H groups in total. The van der Waals surface area contributed by atoms with Crippen molar-refractivity contribution < 1.29 is 9.84 Å². The number of azide groups is 2. The van der Waals surface area contributed by atoms with Crippen LogP contribution < -0.4 is 10.1 Å². The molecule has 11 heteroatoms. The molecule has 0 aliphatic heterocycles. The number of aromatic nitrogens is 2. The van der Waals surface area contributed by atoms with Crippen molar-refractivity contribution in [2.24, 2.45) is 16.1 Å². The number of imidazole rings is 1. The summed E-state index contributed by atoms with van der Waals surface area (Å²) in [5.41, 5.74) is 19.5. The Balaban J connectivity index is 1.69. The van der Waals surface area contributed by atoms with E-state index in [1.807, 2.05) is 56.3 Å². The van der Waals surface area contributed by atoms with Crippen molar-refractivity contribution >= 4 is 22.7 Å². The van der Waals surface area contributed by atoms with Crippen molar-refractivity contribution in [3.63, 3.8) is 0 Å². The zero-order chi connectivity index (χ0) is 27.1. The number of benzene rings is 2. The van der Waals surface area contributed by atoms with Crippen molar-refractivity contribution in [1.82, 2.24) is 9.55 Å². The highest BCUT2D eigenvalue weighted by Gasteiger charge is 2.28. The molecule has 1 fully saturated rings. The smallest absolute Gasteiger partial charge is 0.208 e. The van der Waals surface area contributed by atoms with Gasteiger partial charge in [0, 0.05) is 28.0 Å². The maximum absolute atomic E-state index is 11.0. The number of ether oxygens (including phenoxy) is 1. The van der Waals surface area contributed by atoms with Gasteiger partial charge in [-0.15, -0.1) is 0 Å². The first kappa shape index (κ1) is 27.1. The average molecular weight is 518 g/mol. The van der Waals surface area contributed by atoms with Gasteiger partial charge in [0.1, 0.15) is 5.75 Å². The summed E-state index contributed by atoms with van der Waals surface area (Å²) in [5, 5.41) is 21.5. The van der Waals surface area contributed by atoms with Crippen LogP contribution in [0.3, 0.4) is 0 Å². The van der Waals surface area contributed by atoms with E-state index in [1.165, 1.54) is 12.8 Å². The quantitative estimate of drug-likeness (QED) is 0.156. The molecule has 0 saturated heterocycles. The second kappa shape index (κ2) is 12.1. The minimum Gasteiger partial charge on any atom is -0.491 e. The van der Waals surface area contributed by atoms with E-state index in [0.29, 0.717) is 12.0 Å². The van der Waals surface area contributed by atoms with Crippen LogP contribution in [0.4, 0.5) is 11.6 Å². The number of fused-ring (bicyclic) bond motifs is 1. The van der Waals surface area contributed by atoms with Crippen LogP contribution >= 0.6 is 0 Å². The normalized spacial score (nSPS) is 18.9. The first-order chi connectivity index (χ1) is 18.3. The van der Waals surface area contributed by atoms with Gasteiger partial charge >= 0.3 is 0 Å². The van der Waals surface area contributed by atoms with Gasteiger partial charge in [-0.3, -0.25) is 0 Å². The number of nitrogens with zero attached hydrogens (tertiary/aromatic N) is 8. The molecule has 0 spiro atoms. The molecule has 1 aliphatic carbocycles. The molecule has 2 aromatic carbocycles. The maximum Gasteiger partial charge on any atom is 0.208 e. The molecule has 0 amide bonds. The highest BCUT2D eigenvalue weighted by atomic mass is 16.5. The van der Waals surface area contributed by atoms with Gasteiger partial charge in [-0.25, -0.2) is 4.98 Å². The summed E-state index contributed by atoms with van der Waals surface area (Å²) in [4.78, 5) is 10.5. The molecular weight excluding hydrogens is 482 g/mol. The van der Waals surface area contributed by atoms with Crippen LogP contribution in [0.25, 0.3) is 31.9 Å². The van der Waals surface area contributed by atoms with E-state index in [1.54, 1.807) is 0 Å². The molecule has 1 heterocycles. The Hall–Kier alpha value is -3.91. The highest BCUT2D eigenvalue weighted by molar-refractivity contribution is 5.81. The van der Waals surface area contributed by atoms with Crippen LogP contribution in [0.15, 0.2) is 52.7 Å². The molecule has 1 aliphatic rings. The number of hydrogen-bond acceptors (Lipinski definition) is 6. The van der Waals surface area contributed by atoms with Crippen molar-refractivity contribution in [3.8, 4) is 5.75 Å². The fourth-order valence-corrected chi connectivity index (χ4v) is 5.24. The fourth-order valence-electron chi connectivity index (χ4n) is 5.24. The van der Waals surface area contributed by atoms with Gasteiger partial charge in [-0.1, -0.05) is 36.1 Å². The van der Waals surface area contributed by atoms with Crippen LogP contribution in [0, 0.1) is 5.92 Å². The molecule has 11 nitrogen and oxygen atoms in total. The van der Waals surface area contributed by atoms with Gasteiger partial charge in [0.25, 0.3) is 0 Å². The van der Waals surface area contributed by atoms with E-state index < -0.39 is 5.60 Å². The minimum absolute atomic E-state index is 0.108. The summed E-state index contributed by atoms with van der Waals surface area (Å²) in [7, 11) is 0. The van der Waals surface area contributed by atoms with Gasteiger partial charge in [0.2, 0.25) is 5.95 Å². The van der Waals surface area contributed by atoms with Crippen molar-refractivity contribution in [2.45, 2.75) is 70.6 Å². The number of anilines is 2. The largest absolute Gasteiger partial charge is 0.491 e. The molecule has 3 aromatic rings. The van der Waals surface area contributed by atoms with Crippen LogP contribution in [0.1, 0.15) is 58.1 Å². The van der Waals surface area contributed by atoms with Gasteiger partial charge in [-0.05, 0) is 85.6 Å². The molecule has 2 atom stereocenters. The van der Waals surface area contributed by atoms with Crippen molar-refractivity contribution in [1.29, 1.82) is 0 Å². The standard InChI is InChI=1S/C27H35N9O2/c1-18(2)38-23-10-8-21(9-11-23)32-26-33-24-14-20(15-27(37,16-30-34-28)17-31-35-29)7-12-25(24)36(26)22-6-4-5-19(3)13-22/h7-12,14,18-19,22,37H,4-6,13,15-17H2,1-3H3,(H,32,33)/t19-,22+/m1/s1. The summed E-state index contributed by atoms with van der Waals surface area (Å²) in [6.45, 7) is 5.92. The van der Waals surface area contributed by atoms with Crippen molar-refractivity contribution in [3.05, 3.63) is 68.9 Å². The molecule has 4 rings (SSSR count). The Bertz CT molecular complexity index is 1320. The van der Waals surface area contributed by atoms with Gasteiger partial charge in [0.05, 0.1) is 35.8 Å². The third kappa shape index (κ3) is 6.69. The first-order valence-electron chi connectivity index (χ1n) is 13.1. The summed E-state index contributed by atoms with van der Waals surface area (Å²) in [6.07, 6.45) is 4.86. The zero-order valence-corrected chi connectivity index (χ0v) is 22.2. The van der Waals surface area contributed by atoms with E-state index >= 15 is 0 Å². The lowest BCUT2D eigenvalue weighted by atomic mass is 9.87. The number of aliphatic hydroxyl groups is 1. The summed E-state index contributed by atoms with van der Waals surface area (Å²) < 4.78 is 8.08. The monoisotopic (exact) mass is 517 g/mol. The Kier molecular flexibility index (Phi) is 8.63. The van der Waals surface area contributed by atoms with Crippen LogP contribution in [0.2, 0.25) is 0 Å². The summed E-state index contributed by atoms with van der Waals surface area (Å²) >= 11 is 0. The second-order valence-corrected chi connectivity index (χ2v) is 10.5. The summed E-state index contributed by atoms with van der Waals surface area (Å²) in [6, 6.07) is 14.1. The lowest BCUT2D eigenvalue weighted by Gasteiger charge is -2.29. The van der Waals surface area contributed by atoms with Gasteiger partial charge in [0.15, 0.2) is 0 Å². The molecule has 1 saturated carbocycles. The van der Waals surface area contributed by atoms with E-state index in [9.17, 15) is 5.11 Å². The predicted molar refractivity (Wildman–Crippen MR) is 149 cm³/mol. The summed E-state index contributed by atoms with van der Waals surface area (Å²) in [5.74, 6) is 2.23. The van der Waals surface area contributed by atoms with E-state index in [-0.39, 0.29) is 25.6 Å². The minimum atomic E-state index is -1.48. The third-order valence-corrected chi connectivity index (χ3v) is 6.90. The number of rotatable bonds is 11. The fraction of sp³-hybridized carbons (Fsp3) is 0.519. The average Bonchev–Trinajstić information content (AvgIpc) is 3.24.